The van der Waals surface area contributed by atoms with Crippen LogP contribution in [-0.4, -0.2) is 16.5 Å². The van der Waals surface area contributed by atoms with Crippen molar-refractivity contribution in [3.05, 3.63) is 52.6 Å². The van der Waals surface area contributed by atoms with E-state index in [9.17, 15) is 0 Å². The summed E-state index contributed by atoms with van der Waals surface area (Å²) in [5.74, 6) is 2.00. The summed E-state index contributed by atoms with van der Waals surface area (Å²) in [6.07, 6.45) is 0. The molecule has 2 aromatic rings. The summed E-state index contributed by atoms with van der Waals surface area (Å²) in [4.78, 5) is 10.6. The van der Waals surface area contributed by atoms with Gasteiger partial charge in [0, 0.05) is 16.3 Å². The summed E-state index contributed by atoms with van der Waals surface area (Å²) in [7, 11) is 0. The van der Waals surface area contributed by atoms with Gasteiger partial charge in [0.1, 0.15) is 5.82 Å². The molecule has 1 heterocycles. The Morgan fingerprint density at radius 3 is 2.29 bits per heavy atom. The van der Waals surface area contributed by atoms with E-state index >= 15 is 0 Å². The number of benzene rings is 1. The minimum absolute atomic E-state index is 0.308. The lowest BCUT2D eigenvalue weighted by atomic mass is 9.98. The van der Waals surface area contributed by atoms with Crippen molar-refractivity contribution in [2.75, 3.05) is 6.54 Å². The van der Waals surface area contributed by atoms with Crippen molar-refractivity contribution in [3.8, 4) is 0 Å². The molecule has 0 fully saturated rings. The monoisotopic (exact) mass is 301 g/mol. The molecule has 2 rings (SSSR count). The number of aromatic nitrogens is 2. The van der Waals surface area contributed by atoms with Crippen LogP contribution >= 0.6 is 11.8 Å². The molecule has 0 bridgehead atoms. The van der Waals surface area contributed by atoms with Crippen molar-refractivity contribution >= 4 is 11.8 Å². The molecule has 1 aromatic heterocycles. The molecule has 1 aromatic carbocycles. The molecule has 0 aliphatic carbocycles. The molecule has 0 radical (unpaired) electrons. The van der Waals surface area contributed by atoms with E-state index in [4.69, 9.17) is 5.73 Å². The Morgan fingerprint density at radius 1 is 1.10 bits per heavy atom. The Balaban J connectivity index is 2.17. The molecule has 1 unspecified atom stereocenters. The zero-order valence-corrected chi connectivity index (χ0v) is 14.0. The Morgan fingerprint density at radius 2 is 1.71 bits per heavy atom. The van der Waals surface area contributed by atoms with Crippen LogP contribution in [0.1, 0.15) is 41.2 Å². The van der Waals surface area contributed by atoms with Gasteiger partial charge in [-0.05, 0) is 50.4 Å². The predicted molar refractivity (Wildman–Crippen MR) is 89.7 cm³/mol. The first kappa shape index (κ1) is 16.0. The van der Waals surface area contributed by atoms with Crippen molar-refractivity contribution in [1.82, 2.24) is 9.97 Å². The van der Waals surface area contributed by atoms with Crippen LogP contribution in [0.2, 0.25) is 0 Å². The van der Waals surface area contributed by atoms with Gasteiger partial charge in [0.05, 0.1) is 5.75 Å². The smallest absolute Gasteiger partial charge is 0.139 e. The second kappa shape index (κ2) is 7.05. The zero-order chi connectivity index (χ0) is 15.4. The van der Waals surface area contributed by atoms with Gasteiger partial charge in [-0.15, -0.1) is 11.8 Å². The number of nitrogens with two attached hydrogens (primary N) is 1. The standard InChI is InChI=1S/C17H23N3S/c1-11-7-5-6-8-15(11)21-10-16-19-13(3)17(12(2)9-18)14(4)20-16/h5-8,12H,9-10,18H2,1-4H3. The molecule has 0 saturated carbocycles. The SMILES string of the molecule is Cc1ccccc1SCc1nc(C)c(C(C)CN)c(C)n1. The highest BCUT2D eigenvalue weighted by Gasteiger charge is 2.14. The third kappa shape index (κ3) is 3.83. The molecule has 0 aliphatic heterocycles. The lowest BCUT2D eigenvalue weighted by molar-refractivity contribution is 0.736. The van der Waals surface area contributed by atoms with Crippen LogP contribution in [0.25, 0.3) is 0 Å². The van der Waals surface area contributed by atoms with Crippen LogP contribution in [0.15, 0.2) is 29.2 Å². The molecule has 1 atom stereocenters. The first-order valence-electron chi connectivity index (χ1n) is 7.25. The van der Waals surface area contributed by atoms with E-state index in [0.717, 1.165) is 23.0 Å². The van der Waals surface area contributed by atoms with E-state index in [1.807, 2.05) is 0 Å². The number of aryl methyl sites for hydroxylation is 3. The first-order chi connectivity index (χ1) is 10.0. The van der Waals surface area contributed by atoms with Crippen LogP contribution in [0.5, 0.6) is 0 Å². The number of hydrogen-bond acceptors (Lipinski definition) is 4. The number of thioether (sulfide) groups is 1. The van der Waals surface area contributed by atoms with Crippen molar-refractivity contribution in [2.45, 2.75) is 44.3 Å². The lowest BCUT2D eigenvalue weighted by Crippen LogP contribution is -2.14. The average molecular weight is 301 g/mol. The highest BCUT2D eigenvalue weighted by Crippen LogP contribution is 2.26. The molecule has 3 nitrogen and oxygen atoms in total. The van der Waals surface area contributed by atoms with Gasteiger partial charge in [-0.1, -0.05) is 25.1 Å². The molecule has 0 spiro atoms. The normalized spacial score (nSPS) is 12.4. The lowest BCUT2D eigenvalue weighted by Gasteiger charge is -2.15. The van der Waals surface area contributed by atoms with Gasteiger partial charge in [0.25, 0.3) is 0 Å². The van der Waals surface area contributed by atoms with Gasteiger partial charge in [-0.2, -0.15) is 0 Å². The van der Waals surface area contributed by atoms with E-state index in [1.165, 1.54) is 16.0 Å². The fraction of sp³-hybridized carbons (Fsp3) is 0.412. The highest BCUT2D eigenvalue weighted by atomic mass is 32.2. The fourth-order valence-corrected chi connectivity index (χ4v) is 3.43. The minimum Gasteiger partial charge on any atom is -0.330 e. The molecular formula is C17H23N3S. The Bertz CT molecular complexity index is 602. The van der Waals surface area contributed by atoms with Gasteiger partial charge in [-0.25, -0.2) is 9.97 Å². The zero-order valence-electron chi connectivity index (χ0n) is 13.2. The maximum Gasteiger partial charge on any atom is 0.139 e. The van der Waals surface area contributed by atoms with Crippen LogP contribution in [0.3, 0.4) is 0 Å². The van der Waals surface area contributed by atoms with Crippen molar-refractivity contribution in [2.24, 2.45) is 5.73 Å². The minimum atomic E-state index is 0.308. The molecule has 21 heavy (non-hydrogen) atoms. The third-order valence-electron chi connectivity index (χ3n) is 3.67. The van der Waals surface area contributed by atoms with Gasteiger partial charge in [-0.3, -0.25) is 0 Å². The molecule has 112 valence electrons. The molecular weight excluding hydrogens is 278 g/mol. The second-order valence-electron chi connectivity index (χ2n) is 5.42. The maximum absolute atomic E-state index is 5.77. The largest absolute Gasteiger partial charge is 0.330 e. The van der Waals surface area contributed by atoms with Crippen LogP contribution < -0.4 is 5.73 Å². The summed E-state index contributed by atoms with van der Waals surface area (Å²) < 4.78 is 0. The van der Waals surface area contributed by atoms with Crippen LogP contribution in [-0.2, 0) is 5.75 Å². The van der Waals surface area contributed by atoms with Gasteiger partial charge < -0.3 is 5.73 Å². The quantitative estimate of drug-likeness (QED) is 0.854. The van der Waals surface area contributed by atoms with Crippen molar-refractivity contribution in [1.29, 1.82) is 0 Å². The summed E-state index contributed by atoms with van der Waals surface area (Å²) in [5.41, 5.74) is 10.4. The summed E-state index contributed by atoms with van der Waals surface area (Å²) in [5, 5.41) is 0. The van der Waals surface area contributed by atoms with Gasteiger partial charge in [0.15, 0.2) is 0 Å². The molecule has 4 heteroatoms. The van der Waals surface area contributed by atoms with Crippen molar-refractivity contribution in [3.63, 3.8) is 0 Å². The van der Waals surface area contributed by atoms with E-state index < -0.39 is 0 Å². The Kier molecular flexibility index (Phi) is 5.37. The number of rotatable bonds is 5. The molecule has 0 amide bonds. The Hall–Kier alpha value is -1.39. The third-order valence-corrected chi connectivity index (χ3v) is 4.84. The van der Waals surface area contributed by atoms with Crippen LogP contribution in [0, 0.1) is 20.8 Å². The molecule has 2 N–H and O–H groups in total. The van der Waals surface area contributed by atoms with E-state index in [0.29, 0.717) is 12.5 Å². The summed E-state index contributed by atoms with van der Waals surface area (Å²) in [6.45, 7) is 8.99. The highest BCUT2D eigenvalue weighted by molar-refractivity contribution is 7.98. The van der Waals surface area contributed by atoms with Crippen molar-refractivity contribution < 1.29 is 0 Å². The molecule has 0 aliphatic rings. The first-order valence-corrected chi connectivity index (χ1v) is 8.24. The van der Waals surface area contributed by atoms with Gasteiger partial charge in [0.2, 0.25) is 0 Å². The topological polar surface area (TPSA) is 51.8 Å². The predicted octanol–water partition coefficient (Wildman–Crippen LogP) is 3.76. The van der Waals surface area contributed by atoms with Crippen LogP contribution in [0.4, 0.5) is 0 Å². The Labute approximate surface area is 131 Å². The summed E-state index contributed by atoms with van der Waals surface area (Å²) >= 11 is 1.79. The maximum atomic E-state index is 5.77. The molecule has 0 saturated heterocycles. The second-order valence-corrected chi connectivity index (χ2v) is 6.43. The average Bonchev–Trinajstić information content (AvgIpc) is 2.45. The fourth-order valence-electron chi connectivity index (χ4n) is 2.55. The summed E-state index contributed by atoms with van der Waals surface area (Å²) in [6, 6.07) is 8.40. The van der Waals surface area contributed by atoms with Gasteiger partial charge >= 0.3 is 0 Å². The van der Waals surface area contributed by atoms with E-state index in [2.05, 4.69) is 61.9 Å². The van der Waals surface area contributed by atoms with E-state index in [-0.39, 0.29) is 0 Å². The number of hydrogen-bond donors (Lipinski definition) is 1. The van der Waals surface area contributed by atoms with E-state index in [1.54, 1.807) is 11.8 Å². The number of nitrogens with zero attached hydrogens (tertiary/aromatic N) is 2.